The molecule has 0 aliphatic heterocycles. The minimum atomic E-state index is 0.313. The van der Waals surface area contributed by atoms with Gasteiger partial charge in [0.05, 0.1) is 0 Å². The first-order valence-electron chi connectivity index (χ1n) is 6.64. The lowest BCUT2D eigenvalue weighted by Crippen LogP contribution is -2.38. The summed E-state index contributed by atoms with van der Waals surface area (Å²) in [5.74, 6) is 0.719. The highest BCUT2D eigenvalue weighted by Crippen LogP contribution is 2.24. The second-order valence-electron chi connectivity index (χ2n) is 4.70. The number of carbonyl (C=O) groups is 1. The number of alkyl halides is 1. The predicted octanol–water partition coefficient (Wildman–Crippen LogP) is 3.59. The molecule has 0 aromatic rings. The van der Waals surface area contributed by atoms with E-state index in [1.807, 2.05) is 4.90 Å². The first-order valence-corrected chi connectivity index (χ1v) is 7.76. The number of hydrogen-bond donors (Lipinski definition) is 0. The molecule has 1 aliphatic rings. The van der Waals surface area contributed by atoms with Gasteiger partial charge >= 0.3 is 0 Å². The van der Waals surface area contributed by atoms with E-state index in [0.717, 1.165) is 37.7 Å². The Morgan fingerprint density at radius 3 is 2.31 bits per heavy atom. The second kappa shape index (κ2) is 8.10. The average molecular weight is 290 g/mol. The molecular weight excluding hydrogens is 266 g/mol. The van der Waals surface area contributed by atoms with Gasteiger partial charge in [0.15, 0.2) is 0 Å². The topological polar surface area (TPSA) is 20.3 Å². The molecule has 16 heavy (non-hydrogen) atoms. The number of carbonyl (C=O) groups excluding carboxylic acids is 1. The molecule has 0 bridgehead atoms. The molecule has 1 amide bonds. The van der Waals surface area contributed by atoms with Crippen LogP contribution < -0.4 is 0 Å². The molecule has 0 aromatic heterocycles. The van der Waals surface area contributed by atoms with Crippen molar-refractivity contribution in [3.63, 3.8) is 0 Å². The van der Waals surface area contributed by atoms with Crippen LogP contribution in [0.15, 0.2) is 0 Å². The Bertz CT molecular complexity index is 190. The van der Waals surface area contributed by atoms with Crippen molar-refractivity contribution in [2.45, 2.75) is 51.9 Å². The quantitative estimate of drug-likeness (QED) is 0.559. The van der Waals surface area contributed by atoms with Crippen LogP contribution in [0.1, 0.15) is 51.9 Å². The molecule has 3 heteroatoms. The molecular formula is C13H24BrNO. The van der Waals surface area contributed by atoms with E-state index in [0.29, 0.717) is 11.8 Å². The molecule has 0 spiro atoms. The van der Waals surface area contributed by atoms with Crippen molar-refractivity contribution < 1.29 is 4.79 Å². The Morgan fingerprint density at radius 2 is 1.81 bits per heavy atom. The molecule has 0 saturated heterocycles. The van der Waals surface area contributed by atoms with Crippen LogP contribution >= 0.6 is 15.9 Å². The maximum atomic E-state index is 12.3. The fraction of sp³-hybridized carbons (Fsp3) is 0.923. The van der Waals surface area contributed by atoms with Crippen LogP contribution in [-0.2, 0) is 4.79 Å². The SMILES string of the molecule is CCCN(CCBr)C(=O)C1CCCCCC1. The van der Waals surface area contributed by atoms with E-state index < -0.39 is 0 Å². The summed E-state index contributed by atoms with van der Waals surface area (Å²) in [6, 6.07) is 0. The highest BCUT2D eigenvalue weighted by Gasteiger charge is 2.24. The van der Waals surface area contributed by atoms with Crippen molar-refractivity contribution in [3.05, 3.63) is 0 Å². The number of halogens is 1. The summed E-state index contributed by atoms with van der Waals surface area (Å²) in [6.07, 6.45) is 8.40. The van der Waals surface area contributed by atoms with Gasteiger partial charge in [-0.2, -0.15) is 0 Å². The van der Waals surface area contributed by atoms with Gasteiger partial charge in [0.1, 0.15) is 0 Å². The van der Waals surface area contributed by atoms with Crippen molar-refractivity contribution in [3.8, 4) is 0 Å². The Labute approximate surface area is 108 Å². The van der Waals surface area contributed by atoms with E-state index in [9.17, 15) is 4.79 Å². The van der Waals surface area contributed by atoms with Crippen LogP contribution in [0.3, 0.4) is 0 Å². The molecule has 0 aromatic carbocycles. The molecule has 0 heterocycles. The summed E-state index contributed by atoms with van der Waals surface area (Å²) in [5.41, 5.74) is 0. The molecule has 0 unspecified atom stereocenters. The van der Waals surface area contributed by atoms with Gasteiger partial charge in [-0.1, -0.05) is 48.5 Å². The van der Waals surface area contributed by atoms with E-state index in [-0.39, 0.29) is 0 Å². The standard InChI is InChI=1S/C13H24BrNO/c1-2-10-15(11-9-14)13(16)12-7-5-3-4-6-8-12/h12H,2-11H2,1H3. The summed E-state index contributed by atoms with van der Waals surface area (Å²) in [5, 5.41) is 0.894. The van der Waals surface area contributed by atoms with Gasteiger partial charge in [0.25, 0.3) is 0 Å². The molecule has 1 rings (SSSR count). The highest BCUT2D eigenvalue weighted by molar-refractivity contribution is 9.09. The van der Waals surface area contributed by atoms with E-state index in [2.05, 4.69) is 22.9 Å². The normalized spacial score (nSPS) is 18.1. The van der Waals surface area contributed by atoms with Crippen molar-refractivity contribution in [1.29, 1.82) is 0 Å². The van der Waals surface area contributed by atoms with Crippen molar-refractivity contribution in [2.75, 3.05) is 18.4 Å². The van der Waals surface area contributed by atoms with Crippen LogP contribution in [0.4, 0.5) is 0 Å². The van der Waals surface area contributed by atoms with Crippen LogP contribution in [0.5, 0.6) is 0 Å². The third kappa shape index (κ3) is 4.44. The minimum absolute atomic E-state index is 0.313. The Kier molecular flexibility index (Phi) is 7.10. The molecule has 1 fully saturated rings. The Balaban J connectivity index is 2.49. The highest BCUT2D eigenvalue weighted by atomic mass is 79.9. The molecule has 2 nitrogen and oxygen atoms in total. The number of amides is 1. The zero-order valence-corrected chi connectivity index (χ0v) is 12.0. The molecule has 94 valence electrons. The smallest absolute Gasteiger partial charge is 0.225 e. The molecule has 1 saturated carbocycles. The van der Waals surface area contributed by atoms with Gasteiger partial charge in [0.2, 0.25) is 5.91 Å². The van der Waals surface area contributed by atoms with Crippen LogP contribution in [0, 0.1) is 5.92 Å². The lowest BCUT2D eigenvalue weighted by atomic mass is 9.98. The second-order valence-corrected chi connectivity index (χ2v) is 5.50. The Hall–Kier alpha value is -0.0500. The number of nitrogens with zero attached hydrogens (tertiary/aromatic N) is 1. The largest absolute Gasteiger partial charge is 0.342 e. The molecule has 1 aliphatic carbocycles. The average Bonchev–Trinajstić information content (AvgIpc) is 2.56. The maximum absolute atomic E-state index is 12.3. The summed E-state index contributed by atoms with van der Waals surface area (Å²) >= 11 is 3.43. The molecule has 0 N–H and O–H groups in total. The van der Waals surface area contributed by atoms with Gasteiger partial charge in [-0.05, 0) is 19.3 Å². The Morgan fingerprint density at radius 1 is 1.19 bits per heavy atom. The zero-order valence-electron chi connectivity index (χ0n) is 10.4. The van der Waals surface area contributed by atoms with E-state index in [1.165, 1.54) is 25.7 Å². The third-order valence-electron chi connectivity index (χ3n) is 3.36. The van der Waals surface area contributed by atoms with Gasteiger partial charge in [-0.3, -0.25) is 4.79 Å². The van der Waals surface area contributed by atoms with Crippen LogP contribution in [0.25, 0.3) is 0 Å². The van der Waals surface area contributed by atoms with Gasteiger partial charge < -0.3 is 4.90 Å². The fourth-order valence-electron chi connectivity index (χ4n) is 2.49. The van der Waals surface area contributed by atoms with Crippen LogP contribution in [0.2, 0.25) is 0 Å². The van der Waals surface area contributed by atoms with Gasteiger partial charge in [-0.15, -0.1) is 0 Å². The number of hydrogen-bond acceptors (Lipinski definition) is 1. The zero-order chi connectivity index (χ0) is 11.8. The van der Waals surface area contributed by atoms with E-state index in [4.69, 9.17) is 0 Å². The number of rotatable bonds is 5. The lowest BCUT2D eigenvalue weighted by molar-refractivity contribution is -0.135. The first kappa shape index (κ1) is 14.0. The summed E-state index contributed by atoms with van der Waals surface area (Å²) in [4.78, 5) is 14.4. The van der Waals surface area contributed by atoms with Gasteiger partial charge in [0, 0.05) is 24.3 Å². The first-order chi connectivity index (χ1) is 7.79. The van der Waals surface area contributed by atoms with E-state index in [1.54, 1.807) is 0 Å². The minimum Gasteiger partial charge on any atom is -0.342 e. The summed E-state index contributed by atoms with van der Waals surface area (Å²) in [7, 11) is 0. The van der Waals surface area contributed by atoms with Crippen molar-refractivity contribution in [1.82, 2.24) is 4.90 Å². The predicted molar refractivity (Wildman–Crippen MR) is 71.9 cm³/mol. The maximum Gasteiger partial charge on any atom is 0.225 e. The molecule has 0 radical (unpaired) electrons. The van der Waals surface area contributed by atoms with E-state index >= 15 is 0 Å². The van der Waals surface area contributed by atoms with Crippen molar-refractivity contribution >= 4 is 21.8 Å². The lowest BCUT2D eigenvalue weighted by Gasteiger charge is -2.26. The molecule has 0 atom stereocenters. The third-order valence-corrected chi connectivity index (χ3v) is 3.72. The fourth-order valence-corrected chi connectivity index (χ4v) is 2.92. The van der Waals surface area contributed by atoms with Crippen LogP contribution in [-0.4, -0.2) is 29.2 Å². The monoisotopic (exact) mass is 289 g/mol. The van der Waals surface area contributed by atoms with Gasteiger partial charge in [-0.25, -0.2) is 0 Å². The van der Waals surface area contributed by atoms with Crippen molar-refractivity contribution in [2.24, 2.45) is 5.92 Å². The summed E-state index contributed by atoms with van der Waals surface area (Å²) < 4.78 is 0. The summed E-state index contributed by atoms with van der Waals surface area (Å²) in [6.45, 7) is 3.92.